The molecule has 0 amide bonds. The second-order valence-corrected chi connectivity index (χ2v) is 3.35. The summed E-state index contributed by atoms with van der Waals surface area (Å²) in [5.41, 5.74) is 1.16. The van der Waals surface area contributed by atoms with Crippen LogP contribution in [0.1, 0.15) is 5.56 Å². The molecule has 0 unspecified atom stereocenters. The Hall–Kier alpha value is -0.600. The zero-order chi connectivity index (χ0) is 9.52. The fourth-order valence-electron chi connectivity index (χ4n) is 0.937. The van der Waals surface area contributed by atoms with E-state index in [-0.39, 0.29) is 0 Å². The molecule has 0 aliphatic carbocycles. The molecular weight excluding hydrogens is 228 g/mol. The second kappa shape index (κ2) is 5.95. The quantitative estimate of drug-likeness (QED) is 0.733. The largest absolute Gasteiger partial charge is 0.377 e. The van der Waals surface area contributed by atoms with Crippen molar-refractivity contribution in [3.05, 3.63) is 47.3 Å². The minimum absolute atomic E-state index is 0.514. The van der Waals surface area contributed by atoms with E-state index < -0.39 is 0 Å². The molecule has 1 radical (unpaired) electrons. The van der Waals surface area contributed by atoms with Crippen LogP contribution < -0.4 is 0 Å². The smallest absolute Gasteiger partial charge is 0.0650 e. The average Bonchev–Trinajstić information content (AvgIpc) is 2.15. The van der Waals surface area contributed by atoms with Crippen molar-refractivity contribution in [2.75, 3.05) is 13.2 Å². The Balaban J connectivity index is 2.53. The third-order valence-electron chi connectivity index (χ3n) is 1.56. The Morgan fingerprint density at radius 3 is 2.85 bits per heavy atom. The summed E-state index contributed by atoms with van der Waals surface area (Å²) >= 11 is 3.46. The summed E-state index contributed by atoms with van der Waals surface area (Å²) in [6.07, 6.45) is 4.00. The Bertz CT molecular complexity index is 281. The van der Waals surface area contributed by atoms with Crippen molar-refractivity contribution in [2.24, 2.45) is 0 Å². The first kappa shape index (κ1) is 10.5. The van der Waals surface area contributed by atoms with Crippen LogP contribution in [0.15, 0.2) is 34.8 Å². The topological polar surface area (TPSA) is 9.23 Å². The average molecular weight is 240 g/mol. The fourth-order valence-corrected chi connectivity index (χ4v) is 1.35. The summed E-state index contributed by atoms with van der Waals surface area (Å²) in [7, 11) is 0. The minimum atomic E-state index is 0.514. The van der Waals surface area contributed by atoms with Gasteiger partial charge in [-0.1, -0.05) is 46.3 Å². The van der Waals surface area contributed by atoms with Gasteiger partial charge in [0.2, 0.25) is 0 Å². The number of ether oxygens (including phenoxy) is 1. The summed E-state index contributed by atoms with van der Waals surface area (Å²) in [5.74, 6) is 0. The Labute approximate surface area is 87.5 Å². The molecule has 0 bridgehead atoms. The molecule has 69 valence electrons. The van der Waals surface area contributed by atoms with Gasteiger partial charge in [0.1, 0.15) is 0 Å². The molecule has 0 N–H and O–H groups in total. The van der Waals surface area contributed by atoms with Crippen molar-refractivity contribution < 1.29 is 4.74 Å². The standard InChI is InChI=1S/C11H12BrO/c1-2-13-9-5-7-10-6-3-4-8-11(10)12/h3-8H,1-2,9H2/b7-5+. The van der Waals surface area contributed by atoms with Crippen LogP contribution in [0.4, 0.5) is 0 Å². The third kappa shape index (κ3) is 3.75. The van der Waals surface area contributed by atoms with Crippen molar-refractivity contribution in [1.29, 1.82) is 0 Å². The molecule has 0 saturated carbocycles. The van der Waals surface area contributed by atoms with Gasteiger partial charge in [0.15, 0.2) is 0 Å². The molecule has 13 heavy (non-hydrogen) atoms. The van der Waals surface area contributed by atoms with Crippen molar-refractivity contribution in [1.82, 2.24) is 0 Å². The van der Waals surface area contributed by atoms with Crippen LogP contribution in [-0.2, 0) is 4.74 Å². The van der Waals surface area contributed by atoms with Crippen LogP contribution >= 0.6 is 15.9 Å². The number of halogens is 1. The van der Waals surface area contributed by atoms with Gasteiger partial charge in [0.05, 0.1) is 6.61 Å². The number of rotatable bonds is 4. The van der Waals surface area contributed by atoms with Gasteiger partial charge in [0, 0.05) is 11.1 Å². The number of benzene rings is 1. The molecule has 1 aromatic carbocycles. The Morgan fingerprint density at radius 1 is 1.38 bits per heavy atom. The minimum Gasteiger partial charge on any atom is -0.377 e. The molecule has 1 nitrogen and oxygen atoms in total. The highest BCUT2D eigenvalue weighted by Crippen LogP contribution is 2.16. The lowest BCUT2D eigenvalue weighted by Crippen LogP contribution is -1.88. The normalized spacial score (nSPS) is 10.9. The Morgan fingerprint density at radius 2 is 2.15 bits per heavy atom. The maximum atomic E-state index is 5.08. The summed E-state index contributed by atoms with van der Waals surface area (Å²) in [4.78, 5) is 0. The first-order chi connectivity index (χ1) is 6.34. The number of hydrogen-bond donors (Lipinski definition) is 0. The van der Waals surface area contributed by atoms with Gasteiger partial charge in [0.25, 0.3) is 0 Å². The lowest BCUT2D eigenvalue weighted by atomic mass is 10.2. The first-order valence-electron chi connectivity index (χ1n) is 4.12. The molecule has 0 heterocycles. The van der Waals surface area contributed by atoms with Gasteiger partial charge in [-0.05, 0) is 18.6 Å². The molecule has 0 saturated heterocycles. The maximum Gasteiger partial charge on any atom is 0.0650 e. The van der Waals surface area contributed by atoms with Crippen LogP contribution in [-0.4, -0.2) is 13.2 Å². The number of hydrogen-bond acceptors (Lipinski definition) is 1. The highest BCUT2D eigenvalue weighted by Gasteiger charge is 1.91. The van der Waals surface area contributed by atoms with E-state index in [0.717, 1.165) is 10.0 Å². The van der Waals surface area contributed by atoms with Gasteiger partial charge in [-0.3, -0.25) is 0 Å². The lowest BCUT2D eigenvalue weighted by molar-refractivity contribution is 0.193. The summed E-state index contributed by atoms with van der Waals surface area (Å²) in [6.45, 7) is 4.71. The van der Waals surface area contributed by atoms with Crippen molar-refractivity contribution >= 4 is 22.0 Å². The van der Waals surface area contributed by atoms with E-state index in [1.54, 1.807) is 0 Å². The van der Waals surface area contributed by atoms with Crippen LogP contribution in [0.3, 0.4) is 0 Å². The third-order valence-corrected chi connectivity index (χ3v) is 2.28. The van der Waals surface area contributed by atoms with E-state index in [4.69, 9.17) is 4.74 Å². The van der Waals surface area contributed by atoms with Crippen molar-refractivity contribution in [3.63, 3.8) is 0 Å². The van der Waals surface area contributed by atoms with Crippen LogP contribution in [0.5, 0.6) is 0 Å². The molecule has 1 rings (SSSR count). The van der Waals surface area contributed by atoms with E-state index in [0.29, 0.717) is 13.2 Å². The molecule has 2 heteroatoms. The van der Waals surface area contributed by atoms with Crippen LogP contribution in [0.2, 0.25) is 0 Å². The summed E-state index contributed by atoms with van der Waals surface area (Å²) < 4.78 is 6.18. The predicted octanol–water partition coefficient (Wildman–Crippen LogP) is 3.31. The Kier molecular flexibility index (Phi) is 4.79. The van der Waals surface area contributed by atoms with Gasteiger partial charge < -0.3 is 4.74 Å². The highest BCUT2D eigenvalue weighted by atomic mass is 79.9. The predicted molar refractivity (Wildman–Crippen MR) is 59.4 cm³/mol. The molecule has 0 aliphatic heterocycles. The van der Waals surface area contributed by atoms with Crippen LogP contribution in [0, 0.1) is 6.92 Å². The molecule has 0 atom stereocenters. The van der Waals surface area contributed by atoms with Gasteiger partial charge >= 0.3 is 0 Å². The molecule has 0 spiro atoms. The van der Waals surface area contributed by atoms with E-state index in [9.17, 15) is 0 Å². The SMILES string of the molecule is [CH2]COC/C=C/c1ccccc1Br. The van der Waals surface area contributed by atoms with E-state index in [2.05, 4.69) is 22.9 Å². The molecule has 0 aromatic heterocycles. The molecular formula is C11H12BrO. The van der Waals surface area contributed by atoms with E-state index in [1.165, 1.54) is 0 Å². The zero-order valence-electron chi connectivity index (χ0n) is 7.37. The maximum absolute atomic E-state index is 5.08. The fraction of sp³-hybridized carbons (Fsp3) is 0.182. The molecule has 0 aliphatic rings. The van der Waals surface area contributed by atoms with Gasteiger partial charge in [-0.25, -0.2) is 0 Å². The van der Waals surface area contributed by atoms with Crippen LogP contribution in [0.25, 0.3) is 6.08 Å². The lowest BCUT2D eigenvalue weighted by Gasteiger charge is -1.97. The summed E-state index contributed by atoms with van der Waals surface area (Å²) in [5, 5.41) is 0. The van der Waals surface area contributed by atoms with Gasteiger partial charge in [-0.2, -0.15) is 0 Å². The van der Waals surface area contributed by atoms with E-state index >= 15 is 0 Å². The monoisotopic (exact) mass is 239 g/mol. The van der Waals surface area contributed by atoms with Gasteiger partial charge in [-0.15, -0.1) is 0 Å². The summed E-state index contributed by atoms with van der Waals surface area (Å²) in [6, 6.07) is 8.06. The highest BCUT2D eigenvalue weighted by molar-refractivity contribution is 9.10. The van der Waals surface area contributed by atoms with Crippen molar-refractivity contribution in [3.8, 4) is 0 Å². The zero-order valence-corrected chi connectivity index (χ0v) is 8.96. The molecule has 0 fully saturated rings. The van der Waals surface area contributed by atoms with Crippen molar-refractivity contribution in [2.45, 2.75) is 0 Å². The van der Waals surface area contributed by atoms with E-state index in [1.807, 2.05) is 36.4 Å². The second-order valence-electron chi connectivity index (χ2n) is 2.50. The molecule has 1 aromatic rings. The first-order valence-corrected chi connectivity index (χ1v) is 4.92.